The minimum absolute atomic E-state index is 0.0507. The number of aromatic nitrogens is 2. The summed E-state index contributed by atoms with van der Waals surface area (Å²) in [6.45, 7) is 0. The molecule has 8 heteroatoms. The fourth-order valence-electron chi connectivity index (χ4n) is 2.19. The van der Waals surface area contributed by atoms with E-state index in [-0.39, 0.29) is 16.5 Å². The van der Waals surface area contributed by atoms with Crippen molar-refractivity contribution in [1.29, 1.82) is 0 Å². The molecule has 2 N–H and O–H groups in total. The number of ether oxygens (including phenoxy) is 1. The first-order valence-corrected chi connectivity index (χ1v) is 7.97. The van der Waals surface area contributed by atoms with Gasteiger partial charge in [0, 0.05) is 5.56 Å². The Balaban J connectivity index is 1.83. The lowest BCUT2D eigenvalue weighted by atomic mass is 10.2. The monoisotopic (exact) mass is 370 g/mol. The lowest BCUT2D eigenvalue weighted by Crippen LogP contribution is -2.22. The SMILES string of the molecule is COc1ccc(-n2ncc(N/N=C\c3ccccc3O)c(Cl)c2=O)cc1. The van der Waals surface area contributed by atoms with Crippen LogP contribution in [0.15, 0.2) is 64.6 Å². The van der Waals surface area contributed by atoms with Crippen LogP contribution in [0.3, 0.4) is 0 Å². The van der Waals surface area contributed by atoms with E-state index in [0.29, 0.717) is 17.0 Å². The van der Waals surface area contributed by atoms with Gasteiger partial charge in [0.05, 0.1) is 25.2 Å². The van der Waals surface area contributed by atoms with Crippen molar-refractivity contribution >= 4 is 23.5 Å². The van der Waals surface area contributed by atoms with E-state index in [1.165, 1.54) is 17.1 Å². The lowest BCUT2D eigenvalue weighted by molar-refractivity contribution is 0.414. The summed E-state index contributed by atoms with van der Waals surface area (Å²) in [5, 5.41) is 17.7. The molecular weight excluding hydrogens is 356 g/mol. The van der Waals surface area contributed by atoms with Crippen molar-refractivity contribution in [3.63, 3.8) is 0 Å². The predicted octanol–water partition coefficient (Wildman–Crippen LogP) is 3.05. The number of nitrogens with zero attached hydrogens (tertiary/aromatic N) is 3. The molecule has 7 nitrogen and oxygen atoms in total. The van der Waals surface area contributed by atoms with Crippen LogP contribution < -0.4 is 15.7 Å². The molecule has 0 aliphatic rings. The molecule has 3 rings (SSSR count). The Morgan fingerprint density at radius 2 is 1.96 bits per heavy atom. The van der Waals surface area contributed by atoms with Gasteiger partial charge in [-0.3, -0.25) is 10.2 Å². The van der Waals surface area contributed by atoms with Gasteiger partial charge in [0.25, 0.3) is 5.56 Å². The van der Waals surface area contributed by atoms with Gasteiger partial charge in [-0.25, -0.2) is 0 Å². The van der Waals surface area contributed by atoms with Crippen molar-refractivity contribution < 1.29 is 9.84 Å². The molecule has 1 aromatic heterocycles. The smallest absolute Gasteiger partial charge is 0.292 e. The summed E-state index contributed by atoms with van der Waals surface area (Å²) in [4.78, 5) is 12.4. The first-order valence-electron chi connectivity index (χ1n) is 7.59. The maximum atomic E-state index is 12.4. The van der Waals surface area contributed by atoms with E-state index in [4.69, 9.17) is 16.3 Å². The van der Waals surface area contributed by atoms with E-state index in [9.17, 15) is 9.90 Å². The van der Waals surface area contributed by atoms with Crippen molar-refractivity contribution in [2.75, 3.05) is 12.5 Å². The van der Waals surface area contributed by atoms with Crippen LogP contribution in [0.5, 0.6) is 11.5 Å². The molecule has 0 unspecified atom stereocenters. The fourth-order valence-corrected chi connectivity index (χ4v) is 2.36. The molecule has 0 saturated heterocycles. The first-order chi connectivity index (χ1) is 12.6. The van der Waals surface area contributed by atoms with Crippen LogP contribution in [0.4, 0.5) is 5.69 Å². The number of benzene rings is 2. The standard InChI is InChI=1S/C18H15ClN4O3/c1-26-14-8-6-13(7-9-14)23-18(25)17(19)15(11-21-23)22-20-10-12-4-2-3-5-16(12)24/h2-11,22,24H,1H3/b20-10-. The molecule has 0 bridgehead atoms. The summed E-state index contributed by atoms with van der Waals surface area (Å²) in [6.07, 6.45) is 2.82. The third-order valence-corrected chi connectivity index (χ3v) is 3.93. The molecule has 3 aromatic rings. The number of hydrogen-bond acceptors (Lipinski definition) is 6. The first kappa shape index (κ1) is 17.5. The van der Waals surface area contributed by atoms with Gasteiger partial charge < -0.3 is 9.84 Å². The van der Waals surface area contributed by atoms with Crippen molar-refractivity contribution in [3.8, 4) is 17.2 Å². The average molecular weight is 371 g/mol. The predicted molar refractivity (Wildman–Crippen MR) is 101 cm³/mol. The van der Waals surface area contributed by atoms with E-state index in [1.54, 1.807) is 55.6 Å². The van der Waals surface area contributed by atoms with E-state index < -0.39 is 5.56 Å². The van der Waals surface area contributed by atoms with Crippen molar-refractivity contribution in [3.05, 3.63) is 75.7 Å². The molecule has 0 fully saturated rings. The zero-order valence-corrected chi connectivity index (χ0v) is 14.5. The van der Waals surface area contributed by atoms with Crippen LogP contribution in [0.1, 0.15) is 5.56 Å². The van der Waals surface area contributed by atoms with Crippen LogP contribution in [0.2, 0.25) is 5.02 Å². The number of hydrazone groups is 1. The maximum absolute atomic E-state index is 12.4. The van der Waals surface area contributed by atoms with Crippen LogP contribution in [-0.4, -0.2) is 28.2 Å². The lowest BCUT2D eigenvalue weighted by Gasteiger charge is -2.08. The maximum Gasteiger partial charge on any atom is 0.292 e. The minimum Gasteiger partial charge on any atom is -0.507 e. The Hall–Kier alpha value is -3.32. The zero-order chi connectivity index (χ0) is 18.5. The normalized spacial score (nSPS) is 10.8. The molecule has 0 aliphatic heterocycles. The summed E-state index contributed by atoms with van der Waals surface area (Å²) >= 11 is 6.14. The molecule has 132 valence electrons. The van der Waals surface area contributed by atoms with Gasteiger partial charge in [-0.2, -0.15) is 14.9 Å². The number of para-hydroxylation sites is 1. The van der Waals surface area contributed by atoms with Crippen LogP contribution >= 0.6 is 11.6 Å². The molecule has 0 saturated carbocycles. The molecular formula is C18H15ClN4O3. The molecule has 2 aromatic carbocycles. The number of rotatable bonds is 5. The Bertz CT molecular complexity index is 1000. The van der Waals surface area contributed by atoms with Gasteiger partial charge >= 0.3 is 0 Å². The number of phenolic OH excluding ortho intramolecular Hbond substituents is 1. The second-order valence-corrected chi connectivity index (χ2v) is 5.59. The number of halogens is 1. The van der Waals surface area contributed by atoms with Gasteiger partial charge in [0.2, 0.25) is 0 Å². The summed E-state index contributed by atoms with van der Waals surface area (Å²) in [7, 11) is 1.56. The van der Waals surface area contributed by atoms with E-state index in [1.807, 2.05) is 0 Å². The highest BCUT2D eigenvalue weighted by molar-refractivity contribution is 6.32. The number of aromatic hydroxyl groups is 1. The number of hydrogen-bond donors (Lipinski definition) is 2. The molecule has 0 radical (unpaired) electrons. The van der Waals surface area contributed by atoms with Crippen molar-refractivity contribution in [2.45, 2.75) is 0 Å². The van der Waals surface area contributed by atoms with Gasteiger partial charge in [0.1, 0.15) is 22.2 Å². The highest BCUT2D eigenvalue weighted by Gasteiger charge is 2.10. The summed E-state index contributed by atoms with van der Waals surface area (Å²) in [5.41, 5.74) is 3.51. The number of phenols is 1. The minimum atomic E-state index is -0.486. The van der Waals surface area contributed by atoms with Crippen LogP contribution in [0.25, 0.3) is 5.69 Å². The zero-order valence-electron chi connectivity index (χ0n) is 13.8. The summed E-state index contributed by atoms with van der Waals surface area (Å²) in [6, 6.07) is 13.6. The second kappa shape index (κ2) is 7.71. The Morgan fingerprint density at radius 1 is 1.23 bits per heavy atom. The third kappa shape index (κ3) is 3.68. The molecule has 0 aliphatic carbocycles. The third-order valence-electron chi connectivity index (χ3n) is 3.56. The van der Waals surface area contributed by atoms with E-state index >= 15 is 0 Å². The molecule has 0 spiro atoms. The van der Waals surface area contributed by atoms with Gasteiger partial charge in [-0.15, -0.1) is 0 Å². The largest absolute Gasteiger partial charge is 0.507 e. The molecule has 0 atom stereocenters. The van der Waals surface area contributed by atoms with E-state index in [2.05, 4.69) is 15.6 Å². The van der Waals surface area contributed by atoms with Crippen molar-refractivity contribution in [2.24, 2.45) is 5.10 Å². The van der Waals surface area contributed by atoms with E-state index in [0.717, 1.165) is 0 Å². The van der Waals surface area contributed by atoms with Crippen LogP contribution in [0, 0.1) is 0 Å². The topological polar surface area (TPSA) is 88.7 Å². The number of methoxy groups -OCH3 is 1. The Kier molecular flexibility index (Phi) is 5.19. The average Bonchev–Trinajstić information content (AvgIpc) is 2.67. The Morgan fingerprint density at radius 3 is 2.65 bits per heavy atom. The quantitative estimate of drug-likeness (QED) is 0.532. The van der Waals surface area contributed by atoms with Gasteiger partial charge in [0.15, 0.2) is 0 Å². The second-order valence-electron chi connectivity index (χ2n) is 5.22. The fraction of sp³-hybridized carbons (Fsp3) is 0.0556. The van der Waals surface area contributed by atoms with Crippen molar-refractivity contribution in [1.82, 2.24) is 9.78 Å². The van der Waals surface area contributed by atoms with Gasteiger partial charge in [-0.1, -0.05) is 23.7 Å². The van der Waals surface area contributed by atoms with Crippen LogP contribution in [-0.2, 0) is 0 Å². The van der Waals surface area contributed by atoms with Gasteiger partial charge in [-0.05, 0) is 36.4 Å². The molecule has 1 heterocycles. The number of nitrogens with one attached hydrogen (secondary N) is 1. The number of anilines is 1. The summed E-state index contributed by atoms with van der Waals surface area (Å²) < 4.78 is 6.27. The highest BCUT2D eigenvalue weighted by atomic mass is 35.5. The Labute approximate surface area is 154 Å². The molecule has 0 amide bonds. The molecule has 26 heavy (non-hydrogen) atoms. The highest BCUT2D eigenvalue weighted by Crippen LogP contribution is 2.18. The summed E-state index contributed by atoms with van der Waals surface area (Å²) in [5.74, 6) is 0.766.